The summed E-state index contributed by atoms with van der Waals surface area (Å²) in [7, 11) is 0. The van der Waals surface area contributed by atoms with E-state index in [2.05, 4.69) is 18.0 Å². The predicted molar refractivity (Wildman–Crippen MR) is 84.4 cm³/mol. The van der Waals surface area contributed by atoms with Crippen LogP contribution >= 0.6 is 11.6 Å². The molecule has 4 heteroatoms. The largest absolute Gasteiger partial charge is 0.399 e. The molecule has 0 bridgehead atoms. The van der Waals surface area contributed by atoms with Gasteiger partial charge in [-0.3, -0.25) is 0 Å². The first kappa shape index (κ1) is 14.0. The molecule has 0 fully saturated rings. The van der Waals surface area contributed by atoms with E-state index in [1.807, 2.05) is 25.1 Å². The van der Waals surface area contributed by atoms with Gasteiger partial charge in [0.1, 0.15) is 6.07 Å². The minimum Gasteiger partial charge on any atom is -0.399 e. The van der Waals surface area contributed by atoms with Crippen molar-refractivity contribution >= 4 is 28.7 Å². The van der Waals surface area contributed by atoms with E-state index in [-0.39, 0.29) is 0 Å². The molecule has 2 aromatic rings. The Kier molecular flexibility index (Phi) is 3.97. The smallest absolute Gasteiger partial charge is 0.101 e. The van der Waals surface area contributed by atoms with Crippen molar-refractivity contribution in [2.45, 2.75) is 6.92 Å². The van der Waals surface area contributed by atoms with Crippen LogP contribution in [-0.2, 0) is 0 Å². The number of halogens is 1. The van der Waals surface area contributed by atoms with E-state index in [4.69, 9.17) is 22.6 Å². The fraction of sp³-hybridized carbons (Fsp3) is 0.0625. The highest BCUT2D eigenvalue weighted by atomic mass is 35.5. The molecule has 20 heavy (non-hydrogen) atoms. The molecule has 0 spiro atoms. The molecule has 100 valence electrons. The average molecular weight is 284 g/mol. The number of nitrogens with one attached hydrogen (secondary N) is 1. The molecule has 0 unspecified atom stereocenters. The number of rotatable bonds is 3. The van der Waals surface area contributed by atoms with Gasteiger partial charge >= 0.3 is 0 Å². The highest BCUT2D eigenvalue weighted by molar-refractivity contribution is 6.32. The van der Waals surface area contributed by atoms with Gasteiger partial charge in [0, 0.05) is 22.0 Å². The Bertz CT molecular complexity index is 714. The Balaban J connectivity index is 2.33. The molecule has 0 saturated carbocycles. The van der Waals surface area contributed by atoms with E-state index in [1.54, 1.807) is 18.2 Å². The van der Waals surface area contributed by atoms with Crippen LogP contribution < -0.4 is 11.1 Å². The maximum absolute atomic E-state index is 9.12. The molecular formula is C16H14ClN3. The van der Waals surface area contributed by atoms with Crippen LogP contribution in [0.15, 0.2) is 43.0 Å². The number of hydrogen-bond donors (Lipinski definition) is 2. The number of benzene rings is 2. The lowest BCUT2D eigenvalue weighted by Gasteiger charge is -2.13. The fourth-order valence-corrected chi connectivity index (χ4v) is 2.10. The number of aryl methyl sites for hydroxylation is 1. The zero-order chi connectivity index (χ0) is 14.7. The summed E-state index contributed by atoms with van der Waals surface area (Å²) in [6, 6.07) is 12.9. The third-order valence-corrected chi connectivity index (χ3v) is 3.23. The van der Waals surface area contributed by atoms with Crippen molar-refractivity contribution in [3.8, 4) is 6.07 Å². The topological polar surface area (TPSA) is 61.8 Å². The summed E-state index contributed by atoms with van der Waals surface area (Å²) in [5.41, 5.74) is 9.88. The molecule has 0 atom stereocenters. The lowest BCUT2D eigenvalue weighted by atomic mass is 10.1. The van der Waals surface area contributed by atoms with Gasteiger partial charge in [-0.05, 0) is 37.3 Å². The van der Waals surface area contributed by atoms with E-state index < -0.39 is 0 Å². The standard InChI is InChI=1S/C16H14ClN3/c1-10-3-5-15(17)14(7-10)11(2)20-16-6-4-13(19)8-12(16)9-18/h3-8,20H,2,19H2,1H3. The van der Waals surface area contributed by atoms with Gasteiger partial charge in [0.15, 0.2) is 0 Å². The van der Waals surface area contributed by atoms with Crippen LogP contribution in [0.1, 0.15) is 16.7 Å². The van der Waals surface area contributed by atoms with Crippen molar-refractivity contribution < 1.29 is 0 Å². The Morgan fingerprint density at radius 3 is 2.75 bits per heavy atom. The van der Waals surface area contributed by atoms with Crippen molar-refractivity contribution in [2.75, 3.05) is 11.1 Å². The molecular weight excluding hydrogens is 270 g/mol. The van der Waals surface area contributed by atoms with E-state index in [1.165, 1.54) is 0 Å². The van der Waals surface area contributed by atoms with Crippen LogP contribution in [0.5, 0.6) is 0 Å². The molecule has 3 nitrogen and oxygen atoms in total. The first-order valence-electron chi connectivity index (χ1n) is 6.03. The molecule has 0 aromatic heterocycles. The Hall–Kier alpha value is -2.44. The van der Waals surface area contributed by atoms with Crippen molar-refractivity contribution in [3.63, 3.8) is 0 Å². The summed E-state index contributed by atoms with van der Waals surface area (Å²) in [4.78, 5) is 0. The van der Waals surface area contributed by atoms with Gasteiger partial charge < -0.3 is 11.1 Å². The van der Waals surface area contributed by atoms with Gasteiger partial charge in [-0.15, -0.1) is 0 Å². The number of nitrogens with zero attached hydrogens (tertiary/aromatic N) is 1. The second-order valence-corrected chi connectivity index (χ2v) is 4.91. The lowest BCUT2D eigenvalue weighted by Crippen LogP contribution is -2.01. The van der Waals surface area contributed by atoms with Crippen molar-refractivity contribution in [1.82, 2.24) is 0 Å². The third kappa shape index (κ3) is 2.93. The summed E-state index contributed by atoms with van der Waals surface area (Å²) in [6.45, 7) is 5.97. The molecule has 0 aliphatic heterocycles. The minimum absolute atomic E-state index is 0.468. The Morgan fingerprint density at radius 1 is 1.30 bits per heavy atom. The first-order valence-corrected chi connectivity index (χ1v) is 6.41. The third-order valence-electron chi connectivity index (χ3n) is 2.90. The molecule has 3 N–H and O–H groups in total. The lowest BCUT2D eigenvalue weighted by molar-refractivity contribution is 1.43. The molecule has 0 aliphatic carbocycles. The van der Waals surface area contributed by atoms with Gasteiger partial charge in [-0.1, -0.05) is 29.8 Å². The van der Waals surface area contributed by atoms with E-state index in [9.17, 15) is 0 Å². The second-order valence-electron chi connectivity index (χ2n) is 4.50. The first-order chi connectivity index (χ1) is 9.51. The van der Waals surface area contributed by atoms with Gasteiger partial charge in [-0.2, -0.15) is 5.26 Å². The van der Waals surface area contributed by atoms with Crippen LogP contribution in [0.3, 0.4) is 0 Å². The summed E-state index contributed by atoms with van der Waals surface area (Å²) in [5.74, 6) is 0. The SMILES string of the molecule is C=C(Nc1ccc(N)cc1C#N)c1cc(C)ccc1Cl. The van der Waals surface area contributed by atoms with Crippen molar-refractivity contribution in [2.24, 2.45) is 0 Å². The van der Waals surface area contributed by atoms with Gasteiger partial charge in [0.25, 0.3) is 0 Å². The van der Waals surface area contributed by atoms with Crippen LogP contribution in [0.4, 0.5) is 11.4 Å². The summed E-state index contributed by atoms with van der Waals surface area (Å²) in [5, 5.41) is 12.9. The Morgan fingerprint density at radius 2 is 2.05 bits per heavy atom. The normalized spacial score (nSPS) is 9.85. The Labute approximate surface area is 123 Å². The van der Waals surface area contributed by atoms with Crippen LogP contribution in [0, 0.1) is 18.3 Å². The zero-order valence-corrected chi connectivity index (χ0v) is 11.8. The van der Waals surface area contributed by atoms with Crippen molar-refractivity contribution in [1.29, 1.82) is 5.26 Å². The highest BCUT2D eigenvalue weighted by Gasteiger charge is 2.08. The van der Waals surface area contributed by atoms with Gasteiger partial charge in [0.05, 0.1) is 11.3 Å². The van der Waals surface area contributed by atoms with Gasteiger partial charge in [0.2, 0.25) is 0 Å². The monoisotopic (exact) mass is 283 g/mol. The summed E-state index contributed by atoms with van der Waals surface area (Å²) >= 11 is 6.17. The van der Waals surface area contributed by atoms with Crippen LogP contribution in [0.25, 0.3) is 5.70 Å². The van der Waals surface area contributed by atoms with Crippen LogP contribution in [0.2, 0.25) is 5.02 Å². The van der Waals surface area contributed by atoms with Crippen molar-refractivity contribution in [3.05, 3.63) is 64.7 Å². The fourth-order valence-electron chi connectivity index (χ4n) is 1.86. The minimum atomic E-state index is 0.468. The summed E-state index contributed by atoms with van der Waals surface area (Å²) in [6.07, 6.45) is 0. The molecule has 2 rings (SSSR count). The quantitative estimate of drug-likeness (QED) is 0.831. The highest BCUT2D eigenvalue weighted by Crippen LogP contribution is 2.27. The maximum Gasteiger partial charge on any atom is 0.101 e. The maximum atomic E-state index is 9.12. The predicted octanol–water partition coefficient (Wildman–Crippen LogP) is 4.19. The van der Waals surface area contributed by atoms with E-state index in [0.29, 0.717) is 27.7 Å². The van der Waals surface area contributed by atoms with E-state index in [0.717, 1.165) is 11.1 Å². The molecule has 0 amide bonds. The zero-order valence-electron chi connectivity index (χ0n) is 11.1. The number of anilines is 2. The van der Waals surface area contributed by atoms with Crippen LogP contribution in [-0.4, -0.2) is 0 Å². The second kappa shape index (κ2) is 5.68. The average Bonchev–Trinajstić information content (AvgIpc) is 2.43. The molecule has 0 aliphatic rings. The molecule has 0 heterocycles. The van der Waals surface area contributed by atoms with Gasteiger partial charge in [-0.25, -0.2) is 0 Å². The summed E-state index contributed by atoms with van der Waals surface area (Å²) < 4.78 is 0. The molecule has 0 saturated heterocycles. The number of nitrogen functional groups attached to an aromatic ring is 1. The number of nitrogens with two attached hydrogens (primary N) is 1. The molecule has 2 aromatic carbocycles. The molecule has 0 radical (unpaired) electrons. The number of nitriles is 1. The number of hydrogen-bond acceptors (Lipinski definition) is 3. The van der Waals surface area contributed by atoms with E-state index >= 15 is 0 Å².